The zero-order valence-electron chi connectivity index (χ0n) is 22.6. The number of aromatic nitrogens is 1. The van der Waals surface area contributed by atoms with Gasteiger partial charge in [-0.3, -0.25) is 0 Å². The molecule has 194 valence electrons. The number of hydrogen-bond donors (Lipinski definition) is 0. The molecule has 0 spiro atoms. The molecule has 0 N–H and O–H groups in total. The van der Waals surface area contributed by atoms with Crippen molar-refractivity contribution in [2.45, 2.75) is 0 Å². The summed E-state index contributed by atoms with van der Waals surface area (Å²) in [6.45, 7) is 0. The van der Waals surface area contributed by atoms with Crippen molar-refractivity contribution in [2.24, 2.45) is 0 Å². The van der Waals surface area contributed by atoms with E-state index in [1.165, 1.54) is 70.6 Å². The standard InChI is InChI=1S/C40H23NO/c1-3-10-33-31(8-1)39-34(22-23-36-40(39)32-9-2-4-11-35(32)42-36)41(33)28-18-14-24(15-19-28)29-20-16-27-13-12-25-6-5-7-26-17-21-30(29)38(27)37(25)26/h1-23H. The minimum absolute atomic E-state index is 0.925. The average Bonchev–Trinajstić information content (AvgIpc) is 3.59. The van der Waals surface area contributed by atoms with Crippen LogP contribution in [0, 0.1) is 0 Å². The van der Waals surface area contributed by atoms with Gasteiger partial charge in [-0.1, -0.05) is 103 Å². The van der Waals surface area contributed by atoms with Gasteiger partial charge in [0.25, 0.3) is 0 Å². The van der Waals surface area contributed by atoms with Crippen LogP contribution in [0.3, 0.4) is 0 Å². The fourth-order valence-electron chi connectivity index (χ4n) is 7.33. The smallest absolute Gasteiger partial charge is 0.136 e. The van der Waals surface area contributed by atoms with Crippen LogP contribution in [0.1, 0.15) is 0 Å². The molecule has 0 saturated carbocycles. The zero-order valence-corrected chi connectivity index (χ0v) is 22.6. The summed E-state index contributed by atoms with van der Waals surface area (Å²) in [5.74, 6) is 0. The van der Waals surface area contributed by atoms with Gasteiger partial charge in [-0.15, -0.1) is 0 Å². The number of furan rings is 1. The lowest BCUT2D eigenvalue weighted by molar-refractivity contribution is 0.669. The highest BCUT2D eigenvalue weighted by molar-refractivity contribution is 6.28. The van der Waals surface area contributed by atoms with Crippen molar-refractivity contribution in [1.29, 1.82) is 0 Å². The molecular formula is C40H23NO. The van der Waals surface area contributed by atoms with Crippen LogP contribution in [0.2, 0.25) is 0 Å². The Morgan fingerprint density at radius 1 is 0.381 bits per heavy atom. The van der Waals surface area contributed by atoms with Crippen molar-refractivity contribution in [1.82, 2.24) is 4.57 Å². The lowest BCUT2D eigenvalue weighted by atomic mass is 9.90. The first-order valence-corrected chi connectivity index (χ1v) is 14.4. The van der Waals surface area contributed by atoms with E-state index in [1.54, 1.807) is 0 Å². The van der Waals surface area contributed by atoms with Crippen molar-refractivity contribution >= 4 is 76.1 Å². The van der Waals surface area contributed by atoms with Gasteiger partial charge in [0.2, 0.25) is 0 Å². The fourth-order valence-corrected chi connectivity index (χ4v) is 7.33. The van der Waals surface area contributed by atoms with Gasteiger partial charge in [-0.05, 0) is 79.8 Å². The van der Waals surface area contributed by atoms with E-state index in [9.17, 15) is 0 Å². The van der Waals surface area contributed by atoms with E-state index in [0.29, 0.717) is 0 Å². The van der Waals surface area contributed by atoms with E-state index in [4.69, 9.17) is 4.42 Å². The van der Waals surface area contributed by atoms with Crippen LogP contribution in [0.4, 0.5) is 0 Å². The molecule has 0 aliphatic rings. The Hall–Kier alpha value is -5.60. The summed E-state index contributed by atoms with van der Waals surface area (Å²) in [6, 6.07) is 50.6. The van der Waals surface area contributed by atoms with Gasteiger partial charge in [-0.2, -0.15) is 0 Å². The molecule has 2 heteroatoms. The van der Waals surface area contributed by atoms with Gasteiger partial charge < -0.3 is 8.98 Å². The molecule has 2 aromatic heterocycles. The molecule has 0 aliphatic carbocycles. The molecule has 8 aromatic carbocycles. The second-order valence-corrected chi connectivity index (χ2v) is 11.3. The van der Waals surface area contributed by atoms with E-state index in [0.717, 1.165) is 22.2 Å². The van der Waals surface area contributed by atoms with Crippen LogP contribution in [-0.4, -0.2) is 4.57 Å². The van der Waals surface area contributed by atoms with Crippen molar-refractivity contribution < 1.29 is 4.42 Å². The maximum atomic E-state index is 6.26. The van der Waals surface area contributed by atoms with Crippen LogP contribution in [0.15, 0.2) is 144 Å². The summed E-state index contributed by atoms with van der Waals surface area (Å²) in [4.78, 5) is 0. The number of fused-ring (bicyclic) bond motifs is 7. The first-order chi connectivity index (χ1) is 20.8. The molecule has 0 saturated heterocycles. The topological polar surface area (TPSA) is 18.1 Å². The Labute approximate surface area is 241 Å². The predicted molar refractivity (Wildman–Crippen MR) is 177 cm³/mol. The highest BCUT2D eigenvalue weighted by Gasteiger charge is 2.19. The quantitative estimate of drug-likeness (QED) is 0.202. The summed E-state index contributed by atoms with van der Waals surface area (Å²) < 4.78 is 8.65. The van der Waals surface area contributed by atoms with Gasteiger partial charge in [-0.25, -0.2) is 0 Å². The van der Waals surface area contributed by atoms with Crippen LogP contribution < -0.4 is 0 Å². The van der Waals surface area contributed by atoms with Crippen molar-refractivity contribution in [3.05, 3.63) is 140 Å². The number of benzene rings is 8. The third-order valence-corrected chi connectivity index (χ3v) is 9.14. The molecule has 2 heterocycles. The van der Waals surface area contributed by atoms with E-state index in [-0.39, 0.29) is 0 Å². The van der Waals surface area contributed by atoms with Crippen molar-refractivity contribution in [3.63, 3.8) is 0 Å². The van der Waals surface area contributed by atoms with Crippen LogP contribution in [0.25, 0.3) is 92.9 Å². The Morgan fingerprint density at radius 3 is 1.95 bits per heavy atom. The van der Waals surface area contributed by atoms with E-state index < -0.39 is 0 Å². The van der Waals surface area contributed by atoms with Gasteiger partial charge >= 0.3 is 0 Å². The number of hydrogen-bond acceptors (Lipinski definition) is 1. The number of nitrogens with zero attached hydrogens (tertiary/aromatic N) is 1. The van der Waals surface area contributed by atoms with Crippen molar-refractivity contribution in [2.75, 3.05) is 0 Å². The summed E-state index contributed by atoms with van der Waals surface area (Å²) in [5.41, 5.74) is 7.87. The molecule has 42 heavy (non-hydrogen) atoms. The molecule has 0 fully saturated rings. The first-order valence-electron chi connectivity index (χ1n) is 14.4. The average molecular weight is 534 g/mol. The Kier molecular flexibility index (Phi) is 4.21. The third-order valence-electron chi connectivity index (χ3n) is 9.14. The Bertz CT molecular complexity index is 2650. The van der Waals surface area contributed by atoms with Crippen LogP contribution in [-0.2, 0) is 0 Å². The summed E-state index contributed by atoms with van der Waals surface area (Å²) in [7, 11) is 0. The normalized spacial score (nSPS) is 12.3. The van der Waals surface area contributed by atoms with Gasteiger partial charge in [0.05, 0.1) is 11.0 Å². The second kappa shape index (κ2) is 7.99. The highest BCUT2D eigenvalue weighted by atomic mass is 16.3. The van der Waals surface area contributed by atoms with Crippen LogP contribution in [0.5, 0.6) is 0 Å². The fraction of sp³-hybridized carbons (Fsp3) is 0. The lowest BCUT2D eigenvalue weighted by Gasteiger charge is -2.15. The minimum Gasteiger partial charge on any atom is -0.456 e. The van der Waals surface area contributed by atoms with E-state index >= 15 is 0 Å². The summed E-state index contributed by atoms with van der Waals surface area (Å²) in [6.07, 6.45) is 0. The first kappa shape index (κ1) is 22.1. The Balaban J connectivity index is 1.20. The monoisotopic (exact) mass is 533 g/mol. The maximum Gasteiger partial charge on any atom is 0.136 e. The minimum atomic E-state index is 0.925. The molecule has 0 aliphatic heterocycles. The maximum absolute atomic E-state index is 6.26. The van der Waals surface area contributed by atoms with Crippen LogP contribution >= 0.6 is 0 Å². The number of rotatable bonds is 2. The zero-order chi connectivity index (χ0) is 27.4. The SMILES string of the molecule is c1cc2ccc3ccc(-c4ccc(-n5c6ccccc6c6c7c(ccc65)oc5ccccc57)cc4)c4ccc(c1)c2c34. The molecule has 0 atom stereocenters. The molecule has 0 unspecified atom stereocenters. The van der Waals surface area contributed by atoms with E-state index in [1.807, 2.05) is 6.07 Å². The predicted octanol–water partition coefficient (Wildman–Crippen LogP) is 11.2. The molecule has 0 amide bonds. The largest absolute Gasteiger partial charge is 0.456 e. The molecule has 0 radical (unpaired) electrons. The Morgan fingerprint density at radius 2 is 1.10 bits per heavy atom. The van der Waals surface area contributed by atoms with Gasteiger partial charge in [0.1, 0.15) is 11.2 Å². The van der Waals surface area contributed by atoms with Gasteiger partial charge in [0.15, 0.2) is 0 Å². The summed E-state index contributed by atoms with van der Waals surface area (Å²) >= 11 is 0. The molecule has 2 nitrogen and oxygen atoms in total. The molecule has 10 aromatic rings. The summed E-state index contributed by atoms with van der Waals surface area (Å²) in [5, 5.41) is 12.7. The third kappa shape index (κ3) is 2.83. The number of para-hydroxylation sites is 2. The van der Waals surface area contributed by atoms with Crippen molar-refractivity contribution in [3.8, 4) is 16.8 Å². The van der Waals surface area contributed by atoms with Gasteiger partial charge in [0, 0.05) is 27.2 Å². The second-order valence-electron chi connectivity index (χ2n) is 11.3. The van der Waals surface area contributed by atoms with E-state index in [2.05, 4.69) is 138 Å². The molecular weight excluding hydrogens is 510 g/mol. The molecule has 0 bridgehead atoms. The molecule has 10 rings (SSSR count). The lowest BCUT2D eigenvalue weighted by Crippen LogP contribution is -1.94. The highest BCUT2D eigenvalue weighted by Crippen LogP contribution is 2.42.